The Balaban J connectivity index is 1.51. The molecular weight excluding hydrogens is 413 g/mol. The van der Waals surface area contributed by atoms with Crippen LogP contribution in [0.15, 0.2) is 78.9 Å². The summed E-state index contributed by atoms with van der Waals surface area (Å²) in [6.45, 7) is 0. The minimum atomic E-state index is -0.271. The monoisotopic (exact) mass is 431 g/mol. The quantitative estimate of drug-likeness (QED) is 0.160. The van der Waals surface area contributed by atoms with Crippen LogP contribution in [0.2, 0.25) is 5.32 Å². The van der Waals surface area contributed by atoms with Crippen molar-refractivity contribution in [1.29, 1.82) is 0 Å². The van der Waals surface area contributed by atoms with Crippen LogP contribution in [0.3, 0.4) is 0 Å². The maximum absolute atomic E-state index is 11.2. The SMILES string of the molecule is O=[N+]([O-])c1ccccc1[Se]CCc1ccc2ccc3cccc4ccc1c2c34. The molecule has 0 aliphatic rings. The Kier molecular flexibility index (Phi) is 4.23. The molecule has 0 atom stereocenters. The van der Waals surface area contributed by atoms with Gasteiger partial charge < -0.3 is 0 Å². The summed E-state index contributed by atoms with van der Waals surface area (Å²) in [5.74, 6) is 0. The maximum atomic E-state index is 11.2. The third-order valence-corrected chi connectivity index (χ3v) is 7.54. The summed E-state index contributed by atoms with van der Waals surface area (Å²) in [6, 6.07) is 26.8. The van der Waals surface area contributed by atoms with Gasteiger partial charge in [0.2, 0.25) is 0 Å². The molecule has 0 N–H and O–H groups in total. The van der Waals surface area contributed by atoms with Gasteiger partial charge in [-0.25, -0.2) is 0 Å². The van der Waals surface area contributed by atoms with Crippen molar-refractivity contribution >= 4 is 57.4 Å². The standard InChI is InChI=1S/C24H17NO2Se/c26-25(27)21-6-1-2-7-22(21)28-15-14-16-8-9-19-11-10-17-4-3-5-18-12-13-20(16)24(19)23(17)18/h1-13H,14-15H2. The number of para-hydroxylation sites is 1. The summed E-state index contributed by atoms with van der Waals surface area (Å²) < 4.78 is 0.873. The predicted molar refractivity (Wildman–Crippen MR) is 117 cm³/mol. The first kappa shape index (κ1) is 17.2. The zero-order chi connectivity index (χ0) is 19.1. The molecule has 4 heteroatoms. The van der Waals surface area contributed by atoms with Crippen LogP contribution in [0.1, 0.15) is 5.56 Å². The van der Waals surface area contributed by atoms with E-state index in [0.717, 1.165) is 16.2 Å². The van der Waals surface area contributed by atoms with Gasteiger partial charge in [0.1, 0.15) is 0 Å². The van der Waals surface area contributed by atoms with Crippen LogP contribution in [-0.2, 0) is 6.42 Å². The van der Waals surface area contributed by atoms with Gasteiger partial charge in [0.25, 0.3) is 0 Å². The zero-order valence-corrected chi connectivity index (χ0v) is 16.8. The van der Waals surface area contributed by atoms with Crippen molar-refractivity contribution < 1.29 is 4.92 Å². The number of nitrogens with zero attached hydrogens (tertiary/aromatic N) is 1. The predicted octanol–water partition coefficient (Wildman–Crippen LogP) is 5.48. The van der Waals surface area contributed by atoms with Crippen molar-refractivity contribution in [1.82, 2.24) is 0 Å². The van der Waals surface area contributed by atoms with E-state index in [2.05, 4.69) is 54.6 Å². The number of nitro groups is 1. The Morgan fingerprint density at radius 2 is 1.43 bits per heavy atom. The fourth-order valence-corrected chi connectivity index (χ4v) is 6.13. The van der Waals surface area contributed by atoms with Gasteiger partial charge in [0, 0.05) is 0 Å². The second kappa shape index (κ2) is 6.90. The van der Waals surface area contributed by atoms with Gasteiger partial charge in [0.05, 0.1) is 0 Å². The van der Waals surface area contributed by atoms with Crippen LogP contribution in [0.25, 0.3) is 32.3 Å². The van der Waals surface area contributed by atoms with E-state index >= 15 is 0 Å². The molecule has 0 bridgehead atoms. The van der Waals surface area contributed by atoms with E-state index in [9.17, 15) is 10.1 Å². The van der Waals surface area contributed by atoms with Crippen LogP contribution in [0.5, 0.6) is 0 Å². The van der Waals surface area contributed by atoms with E-state index in [4.69, 9.17) is 0 Å². The first-order valence-corrected chi connectivity index (χ1v) is 11.3. The van der Waals surface area contributed by atoms with Gasteiger partial charge in [-0.3, -0.25) is 0 Å². The van der Waals surface area contributed by atoms with Gasteiger partial charge in [-0.2, -0.15) is 0 Å². The molecule has 0 spiro atoms. The van der Waals surface area contributed by atoms with E-state index < -0.39 is 0 Å². The second-order valence-corrected chi connectivity index (χ2v) is 9.29. The molecule has 5 aromatic rings. The Hall–Kier alpha value is -2.94. The van der Waals surface area contributed by atoms with Gasteiger partial charge in [-0.15, -0.1) is 0 Å². The average molecular weight is 430 g/mol. The summed E-state index contributed by atoms with van der Waals surface area (Å²) in [5, 5.41) is 20.0. The number of nitro benzene ring substituents is 1. The molecule has 5 rings (SSSR count). The van der Waals surface area contributed by atoms with Crippen molar-refractivity contribution in [3.8, 4) is 0 Å². The molecule has 0 amide bonds. The van der Waals surface area contributed by atoms with Crippen molar-refractivity contribution in [2.45, 2.75) is 11.7 Å². The van der Waals surface area contributed by atoms with Gasteiger partial charge in [0.15, 0.2) is 0 Å². The van der Waals surface area contributed by atoms with E-state index in [0.29, 0.717) is 0 Å². The third kappa shape index (κ3) is 2.82. The minimum absolute atomic E-state index is 0.0770. The first-order chi connectivity index (χ1) is 13.7. The summed E-state index contributed by atoms with van der Waals surface area (Å²) in [6.07, 6.45) is 0.931. The summed E-state index contributed by atoms with van der Waals surface area (Å²) >= 11 is 0.0770. The molecule has 3 nitrogen and oxygen atoms in total. The van der Waals surface area contributed by atoms with Crippen LogP contribution in [-0.4, -0.2) is 19.9 Å². The van der Waals surface area contributed by atoms with Crippen molar-refractivity contribution in [3.05, 3.63) is 94.5 Å². The zero-order valence-electron chi connectivity index (χ0n) is 15.1. The first-order valence-electron chi connectivity index (χ1n) is 9.24. The van der Waals surface area contributed by atoms with Crippen LogP contribution in [0, 0.1) is 10.1 Å². The number of rotatable bonds is 5. The fraction of sp³-hybridized carbons (Fsp3) is 0.0833. The van der Waals surface area contributed by atoms with E-state index in [-0.39, 0.29) is 25.6 Å². The molecule has 0 aliphatic carbocycles. The summed E-state index contributed by atoms with van der Waals surface area (Å²) in [5.41, 5.74) is 1.57. The summed E-state index contributed by atoms with van der Waals surface area (Å²) in [4.78, 5) is 11.0. The topological polar surface area (TPSA) is 43.1 Å². The molecule has 0 saturated heterocycles. The molecule has 0 heterocycles. The number of hydrogen-bond acceptors (Lipinski definition) is 2. The Bertz CT molecular complexity index is 1310. The molecule has 0 aromatic heterocycles. The van der Waals surface area contributed by atoms with Gasteiger partial charge in [-0.1, -0.05) is 0 Å². The van der Waals surface area contributed by atoms with Crippen LogP contribution >= 0.6 is 0 Å². The molecule has 0 radical (unpaired) electrons. The Morgan fingerprint density at radius 3 is 2.21 bits per heavy atom. The van der Waals surface area contributed by atoms with E-state index in [1.807, 2.05) is 12.1 Å². The van der Waals surface area contributed by atoms with Crippen LogP contribution < -0.4 is 4.46 Å². The Morgan fingerprint density at radius 1 is 0.750 bits per heavy atom. The Labute approximate surface area is 168 Å². The normalized spacial score (nSPS) is 11.6. The molecule has 28 heavy (non-hydrogen) atoms. The van der Waals surface area contributed by atoms with Gasteiger partial charge >= 0.3 is 169 Å². The third-order valence-electron chi connectivity index (χ3n) is 5.31. The number of hydrogen-bond donors (Lipinski definition) is 0. The number of aryl methyl sites for hydroxylation is 1. The fourth-order valence-electron chi connectivity index (χ4n) is 4.01. The summed E-state index contributed by atoms with van der Waals surface area (Å²) in [7, 11) is 0. The van der Waals surface area contributed by atoms with E-state index in [1.54, 1.807) is 12.1 Å². The van der Waals surface area contributed by atoms with Crippen molar-refractivity contribution in [3.63, 3.8) is 0 Å². The van der Waals surface area contributed by atoms with E-state index in [1.165, 1.54) is 37.9 Å². The molecule has 0 fully saturated rings. The number of benzene rings is 5. The van der Waals surface area contributed by atoms with Crippen molar-refractivity contribution in [2.75, 3.05) is 0 Å². The second-order valence-electron chi connectivity index (χ2n) is 6.90. The van der Waals surface area contributed by atoms with Crippen molar-refractivity contribution in [2.24, 2.45) is 0 Å². The molecule has 136 valence electrons. The molecule has 0 unspecified atom stereocenters. The van der Waals surface area contributed by atoms with Gasteiger partial charge in [-0.05, 0) is 0 Å². The average Bonchev–Trinajstić information content (AvgIpc) is 2.73. The molecule has 5 aromatic carbocycles. The van der Waals surface area contributed by atoms with Crippen LogP contribution in [0.4, 0.5) is 5.69 Å². The molecular formula is C24H17NO2Se. The molecule has 0 aliphatic heterocycles. The molecule has 0 saturated carbocycles.